The van der Waals surface area contributed by atoms with Crippen molar-refractivity contribution < 1.29 is 4.79 Å². The normalized spacial score (nSPS) is 23.2. The van der Waals surface area contributed by atoms with Crippen LogP contribution in [-0.4, -0.2) is 36.0 Å². The highest BCUT2D eigenvalue weighted by atomic mass is 35.5. The Labute approximate surface area is 122 Å². The van der Waals surface area contributed by atoms with Gasteiger partial charge in [-0.2, -0.15) is 11.8 Å². The number of hydrogen-bond donors (Lipinski definition) is 2. The van der Waals surface area contributed by atoms with Gasteiger partial charge >= 0.3 is 0 Å². The zero-order valence-corrected chi connectivity index (χ0v) is 13.2. The SMILES string of the molecule is CCCCSCCC(=O)NC1CCCNC1C.Cl. The van der Waals surface area contributed by atoms with E-state index in [0.29, 0.717) is 18.5 Å². The quantitative estimate of drug-likeness (QED) is 0.709. The van der Waals surface area contributed by atoms with Crippen LogP contribution in [-0.2, 0) is 4.79 Å². The third kappa shape index (κ3) is 7.49. The first-order valence-electron chi connectivity index (χ1n) is 6.84. The number of hydrogen-bond acceptors (Lipinski definition) is 3. The number of rotatable bonds is 7. The van der Waals surface area contributed by atoms with Gasteiger partial charge in [0.2, 0.25) is 5.91 Å². The molecule has 0 saturated carbocycles. The van der Waals surface area contributed by atoms with Crippen molar-refractivity contribution in [2.75, 3.05) is 18.1 Å². The average Bonchev–Trinajstić information content (AvgIpc) is 2.32. The topological polar surface area (TPSA) is 41.1 Å². The van der Waals surface area contributed by atoms with Crippen LogP contribution in [0.4, 0.5) is 0 Å². The molecule has 108 valence electrons. The summed E-state index contributed by atoms with van der Waals surface area (Å²) in [5, 5.41) is 6.55. The lowest BCUT2D eigenvalue weighted by Crippen LogP contribution is -2.51. The molecule has 2 N–H and O–H groups in total. The number of thioether (sulfide) groups is 1. The molecule has 1 amide bonds. The summed E-state index contributed by atoms with van der Waals surface area (Å²) < 4.78 is 0. The Kier molecular flexibility index (Phi) is 11.0. The van der Waals surface area contributed by atoms with Crippen molar-refractivity contribution in [2.45, 2.75) is 58.0 Å². The van der Waals surface area contributed by atoms with Gasteiger partial charge in [0.1, 0.15) is 0 Å². The summed E-state index contributed by atoms with van der Waals surface area (Å²) in [6, 6.07) is 0.748. The maximum Gasteiger partial charge on any atom is 0.221 e. The molecule has 1 saturated heterocycles. The number of nitrogens with one attached hydrogen (secondary N) is 2. The van der Waals surface area contributed by atoms with Crippen molar-refractivity contribution in [2.24, 2.45) is 0 Å². The van der Waals surface area contributed by atoms with E-state index in [9.17, 15) is 4.79 Å². The lowest BCUT2D eigenvalue weighted by molar-refractivity contribution is -0.121. The number of halogens is 1. The van der Waals surface area contributed by atoms with E-state index in [2.05, 4.69) is 24.5 Å². The Morgan fingerprint density at radius 3 is 2.89 bits per heavy atom. The Bertz CT molecular complexity index is 229. The first kappa shape index (κ1) is 18.1. The fourth-order valence-electron chi connectivity index (χ4n) is 2.03. The summed E-state index contributed by atoms with van der Waals surface area (Å²) in [4.78, 5) is 11.7. The molecule has 0 aromatic rings. The molecule has 18 heavy (non-hydrogen) atoms. The lowest BCUT2D eigenvalue weighted by atomic mass is 10.00. The monoisotopic (exact) mass is 294 g/mol. The molecule has 1 rings (SSSR count). The van der Waals surface area contributed by atoms with Crippen molar-refractivity contribution in [3.63, 3.8) is 0 Å². The summed E-state index contributed by atoms with van der Waals surface area (Å²) in [7, 11) is 0. The van der Waals surface area contributed by atoms with Crippen LogP contribution in [0.15, 0.2) is 0 Å². The minimum Gasteiger partial charge on any atom is -0.352 e. The first-order chi connectivity index (χ1) is 8.24. The largest absolute Gasteiger partial charge is 0.352 e. The molecule has 2 unspecified atom stereocenters. The average molecular weight is 295 g/mol. The molecule has 0 aromatic carbocycles. The van der Waals surface area contributed by atoms with Crippen molar-refractivity contribution >= 4 is 30.1 Å². The summed E-state index contributed by atoms with van der Waals surface area (Å²) in [5.74, 6) is 2.36. The fraction of sp³-hybridized carbons (Fsp3) is 0.923. The second-order valence-corrected chi connectivity index (χ2v) is 6.00. The van der Waals surface area contributed by atoms with Gasteiger partial charge in [-0.25, -0.2) is 0 Å². The molecule has 5 heteroatoms. The molecule has 0 bridgehead atoms. The molecule has 2 atom stereocenters. The van der Waals surface area contributed by atoms with E-state index in [-0.39, 0.29) is 18.3 Å². The third-order valence-electron chi connectivity index (χ3n) is 3.22. The van der Waals surface area contributed by atoms with Crippen LogP contribution in [0.2, 0.25) is 0 Å². The molecule has 1 fully saturated rings. The van der Waals surface area contributed by atoms with Crippen LogP contribution in [0.1, 0.15) is 46.0 Å². The Hall–Kier alpha value is 0.0700. The number of unbranched alkanes of at least 4 members (excludes halogenated alkanes) is 1. The second kappa shape index (κ2) is 10.9. The zero-order chi connectivity index (χ0) is 12.5. The number of amides is 1. The summed E-state index contributed by atoms with van der Waals surface area (Å²) in [5.41, 5.74) is 0. The molecular formula is C13H27ClN2OS. The fourth-order valence-corrected chi connectivity index (χ4v) is 3.06. The smallest absolute Gasteiger partial charge is 0.221 e. The molecule has 0 spiro atoms. The van der Waals surface area contributed by atoms with Crippen LogP contribution in [0.3, 0.4) is 0 Å². The maximum absolute atomic E-state index is 11.7. The third-order valence-corrected chi connectivity index (χ3v) is 4.29. The van der Waals surface area contributed by atoms with E-state index in [0.717, 1.165) is 18.7 Å². The molecule has 0 radical (unpaired) electrons. The molecule has 1 aliphatic rings. The lowest BCUT2D eigenvalue weighted by Gasteiger charge is -2.30. The number of carbonyl (C=O) groups is 1. The van der Waals surface area contributed by atoms with Crippen LogP contribution >= 0.6 is 24.2 Å². The van der Waals surface area contributed by atoms with Gasteiger partial charge in [0.15, 0.2) is 0 Å². The van der Waals surface area contributed by atoms with Gasteiger partial charge in [-0.3, -0.25) is 4.79 Å². The Morgan fingerprint density at radius 1 is 1.44 bits per heavy atom. The van der Waals surface area contributed by atoms with Gasteiger partial charge in [-0.05, 0) is 38.5 Å². The van der Waals surface area contributed by atoms with Gasteiger partial charge in [0.25, 0.3) is 0 Å². The van der Waals surface area contributed by atoms with Crippen LogP contribution in [0.5, 0.6) is 0 Å². The van der Waals surface area contributed by atoms with E-state index in [1.54, 1.807) is 0 Å². The summed E-state index contributed by atoms with van der Waals surface area (Å²) >= 11 is 1.89. The Morgan fingerprint density at radius 2 is 2.22 bits per heavy atom. The van der Waals surface area contributed by atoms with Gasteiger partial charge in [0, 0.05) is 24.3 Å². The van der Waals surface area contributed by atoms with E-state index in [1.807, 2.05) is 11.8 Å². The van der Waals surface area contributed by atoms with E-state index in [1.165, 1.54) is 25.0 Å². The standard InChI is InChI=1S/C13H26N2OS.ClH/c1-3-4-9-17-10-7-13(16)15-12-6-5-8-14-11(12)2;/h11-12,14H,3-10H2,1-2H3,(H,15,16);1H. The molecular weight excluding hydrogens is 268 g/mol. The van der Waals surface area contributed by atoms with Crippen molar-refractivity contribution in [3.05, 3.63) is 0 Å². The maximum atomic E-state index is 11.7. The molecule has 1 aliphatic heterocycles. The highest BCUT2D eigenvalue weighted by molar-refractivity contribution is 7.99. The number of piperidine rings is 1. The highest BCUT2D eigenvalue weighted by Crippen LogP contribution is 2.10. The van der Waals surface area contributed by atoms with Crippen molar-refractivity contribution in [1.29, 1.82) is 0 Å². The predicted molar refractivity (Wildman–Crippen MR) is 82.7 cm³/mol. The van der Waals surface area contributed by atoms with E-state index < -0.39 is 0 Å². The van der Waals surface area contributed by atoms with Crippen LogP contribution in [0, 0.1) is 0 Å². The van der Waals surface area contributed by atoms with Gasteiger partial charge in [-0.1, -0.05) is 13.3 Å². The van der Waals surface area contributed by atoms with Crippen molar-refractivity contribution in [3.8, 4) is 0 Å². The van der Waals surface area contributed by atoms with Crippen LogP contribution < -0.4 is 10.6 Å². The molecule has 1 heterocycles. The summed E-state index contributed by atoms with van der Waals surface area (Å²) in [6.07, 6.45) is 5.45. The summed E-state index contributed by atoms with van der Waals surface area (Å²) in [6.45, 7) is 5.44. The first-order valence-corrected chi connectivity index (χ1v) is 8.00. The minimum atomic E-state index is 0. The molecule has 3 nitrogen and oxygen atoms in total. The van der Waals surface area contributed by atoms with E-state index in [4.69, 9.17) is 0 Å². The molecule has 0 aromatic heterocycles. The van der Waals surface area contributed by atoms with Gasteiger partial charge in [-0.15, -0.1) is 12.4 Å². The van der Waals surface area contributed by atoms with E-state index >= 15 is 0 Å². The van der Waals surface area contributed by atoms with Gasteiger partial charge in [0.05, 0.1) is 0 Å². The molecule has 0 aliphatic carbocycles. The zero-order valence-electron chi connectivity index (χ0n) is 11.5. The minimum absolute atomic E-state index is 0. The van der Waals surface area contributed by atoms with Gasteiger partial charge < -0.3 is 10.6 Å². The highest BCUT2D eigenvalue weighted by Gasteiger charge is 2.21. The Balaban J connectivity index is 0.00000289. The predicted octanol–water partition coefficient (Wildman–Crippen LogP) is 2.59. The number of carbonyl (C=O) groups excluding carboxylic acids is 1. The second-order valence-electron chi connectivity index (χ2n) is 4.77. The van der Waals surface area contributed by atoms with Crippen molar-refractivity contribution in [1.82, 2.24) is 10.6 Å². The van der Waals surface area contributed by atoms with Crippen LogP contribution in [0.25, 0.3) is 0 Å².